The molecule has 0 amide bonds. The Kier molecular flexibility index (Phi) is 4.86. The van der Waals surface area contributed by atoms with Crippen LogP contribution in [0.1, 0.15) is 17.2 Å². The van der Waals surface area contributed by atoms with Crippen LogP contribution in [0.5, 0.6) is 0 Å². The van der Waals surface area contributed by atoms with Gasteiger partial charge >= 0.3 is 0 Å². The summed E-state index contributed by atoms with van der Waals surface area (Å²) in [5.74, 6) is 0. The van der Waals surface area contributed by atoms with Gasteiger partial charge in [-0.05, 0) is 46.6 Å². The first-order valence-corrected chi connectivity index (χ1v) is 7.16. The van der Waals surface area contributed by atoms with Crippen molar-refractivity contribution in [1.82, 2.24) is 0 Å². The van der Waals surface area contributed by atoms with Gasteiger partial charge in [0.15, 0.2) is 0 Å². The van der Waals surface area contributed by atoms with E-state index in [-0.39, 0.29) is 12.6 Å². The predicted octanol–water partition coefficient (Wildman–Crippen LogP) is 4.56. The molecule has 0 saturated heterocycles. The molecule has 0 aromatic heterocycles. The number of aliphatic hydroxyl groups excluding tert-OH is 1. The molecule has 2 nitrogen and oxygen atoms in total. The van der Waals surface area contributed by atoms with Crippen molar-refractivity contribution >= 4 is 33.2 Å². The topological polar surface area (TPSA) is 32.3 Å². The van der Waals surface area contributed by atoms with Gasteiger partial charge in [-0.1, -0.05) is 41.4 Å². The third kappa shape index (κ3) is 3.72. The highest BCUT2D eigenvalue weighted by molar-refractivity contribution is 9.10. The van der Waals surface area contributed by atoms with E-state index in [1.807, 2.05) is 49.4 Å². The Hall–Kier alpha value is -1.03. The number of aliphatic hydroxyl groups is 1. The van der Waals surface area contributed by atoms with Crippen molar-refractivity contribution in [1.29, 1.82) is 0 Å². The lowest BCUT2D eigenvalue weighted by Gasteiger charge is -2.18. The fraction of sp³-hybridized carbons (Fsp3) is 0.200. The lowest BCUT2D eigenvalue weighted by atomic mass is 10.1. The van der Waals surface area contributed by atoms with Crippen LogP contribution >= 0.6 is 27.5 Å². The van der Waals surface area contributed by atoms with Gasteiger partial charge in [-0.25, -0.2) is 0 Å². The van der Waals surface area contributed by atoms with E-state index < -0.39 is 0 Å². The van der Waals surface area contributed by atoms with Crippen molar-refractivity contribution in [3.05, 3.63) is 63.1 Å². The number of halogens is 2. The highest BCUT2D eigenvalue weighted by Crippen LogP contribution is 2.27. The second kappa shape index (κ2) is 6.42. The number of anilines is 1. The quantitative estimate of drug-likeness (QED) is 0.855. The van der Waals surface area contributed by atoms with E-state index in [1.165, 1.54) is 5.56 Å². The summed E-state index contributed by atoms with van der Waals surface area (Å²) < 4.78 is 0.833. The average Bonchev–Trinajstić information content (AvgIpc) is 2.41. The van der Waals surface area contributed by atoms with Gasteiger partial charge in [-0.15, -0.1) is 0 Å². The Balaban J connectivity index is 2.18. The number of nitrogens with one attached hydrogen (secondary N) is 1. The van der Waals surface area contributed by atoms with Crippen LogP contribution in [0.4, 0.5) is 5.69 Å². The third-order valence-electron chi connectivity index (χ3n) is 2.92. The van der Waals surface area contributed by atoms with E-state index in [9.17, 15) is 5.11 Å². The predicted molar refractivity (Wildman–Crippen MR) is 83.8 cm³/mol. The SMILES string of the molecule is Cc1ccc(C(CO)Nc2ccc(Cl)c(Br)c2)cc1. The lowest BCUT2D eigenvalue weighted by molar-refractivity contribution is 0.276. The Morgan fingerprint density at radius 2 is 1.89 bits per heavy atom. The highest BCUT2D eigenvalue weighted by atomic mass is 79.9. The summed E-state index contributed by atoms with van der Waals surface area (Å²) in [7, 11) is 0. The van der Waals surface area contributed by atoms with E-state index in [4.69, 9.17) is 11.6 Å². The molecular weight excluding hydrogens is 326 g/mol. The first kappa shape index (κ1) is 14.4. The molecule has 2 aromatic rings. The molecule has 0 heterocycles. The van der Waals surface area contributed by atoms with Gasteiger partial charge in [0.1, 0.15) is 0 Å². The smallest absolute Gasteiger partial charge is 0.0745 e. The normalized spacial score (nSPS) is 12.2. The molecule has 0 fully saturated rings. The third-order valence-corrected chi connectivity index (χ3v) is 4.14. The van der Waals surface area contributed by atoms with Crippen LogP contribution in [0.25, 0.3) is 0 Å². The average molecular weight is 341 g/mol. The van der Waals surface area contributed by atoms with Crippen molar-refractivity contribution in [3.63, 3.8) is 0 Å². The molecule has 100 valence electrons. The van der Waals surface area contributed by atoms with Crippen LogP contribution in [-0.4, -0.2) is 11.7 Å². The first-order valence-electron chi connectivity index (χ1n) is 5.99. The number of hydrogen-bond acceptors (Lipinski definition) is 2. The van der Waals surface area contributed by atoms with Crippen LogP contribution in [-0.2, 0) is 0 Å². The summed E-state index contributed by atoms with van der Waals surface area (Å²) in [5.41, 5.74) is 3.17. The maximum Gasteiger partial charge on any atom is 0.0745 e. The molecule has 2 aromatic carbocycles. The molecule has 0 aliphatic rings. The lowest BCUT2D eigenvalue weighted by Crippen LogP contribution is -2.14. The van der Waals surface area contributed by atoms with Crippen molar-refractivity contribution in [2.45, 2.75) is 13.0 Å². The van der Waals surface area contributed by atoms with Crippen LogP contribution in [0.2, 0.25) is 5.02 Å². The summed E-state index contributed by atoms with van der Waals surface area (Å²) in [4.78, 5) is 0. The van der Waals surface area contributed by atoms with E-state index >= 15 is 0 Å². The molecular formula is C15H15BrClNO. The van der Waals surface area contributed by atoms with E-state index in [0.717, 1.165) is 15.7 Å². The molecule has 0 aliphatic heterocycles. The zero-order valence-electron chi connectivity index (χ0n) is 10.5. The molecule has 19 heavy (non-hydrogen) atoms. The van der Waals surface area contributed by atoms with Gasteiger partial charge in [0.2, 0.25) is 0 Å². The number of benzene rings is 2. The van der Waals surface area contributed by atoms with Crippen molar-refractivity contribution < 1.29 is 5.11 Å². The van der Waals surface area contributed by atoms with Gasteiger partial charge < -0.3 is 10.4 Å². The molecule has 0 saturated carbocycles. The van der Waals surface area contributed by atoms with Gasteiger partial charge in [0, 0.05) is 10.2 Å². The van der Waals surface area contributed by atoms with E-state index in [2.05, 4.69) is 21.2 Å². The highest BCUT2D eigenvalue weighted by Gasteiger charge is 2.10. The fourth-order valence-corrected chi connectivity index (χ4v) is 2.32. The molecule has 0 radical (unpaired) electrons. The minimum atomic E-state index is -0.131. The van der Waals surface area contributed by atoms with Crippen molar-refractivity contribution in [3.8, 4) is 0 Å². The molecule has 0 spiro atoms. The molecule has 1 unspecified atom stereocenters. The van der Waals surface area contributed by atoms with Crippen LogP contribution < -0.4 is 5.32 Å². The minimum absolute atomic E-state index is 0.0311. The zero-order chi connectivity index (χ0) is 13.8. The summed E-state index contributed by atoms with van der Waals surface area (Å²) >= 11 is 9.35. The monoisotopic (exact) mass is 339 g/mol. The number of hydrogen-bond donors (Lipinski definition) is 2. The van der Waals surface area contributed by atoms with Gasteiger partial charge in [-0.3, -0.25) is 0 Å². The van der Waals surface area contributed by atoms with Crippen LogP contribution in [0, 0.1) is 6.92 Å². The summed E-state index contributed by atoms with van der Waals surface area (Å²) in [5, 5.41) is 13.5. The van der Waals surface area contributed by atoms with E-state index in [1.54, 1.807) is 0 Å². The number of aryl methyl sites for hydroxylation is 1. The van der Waals surface area contributed by atoms with Crippen LogP contribution in [0.3, 0.4) is 0 Å². The maximum atomic E-state index is 9.53. The zero-order valence-corrected chi connectivity index (χ0v) is 12.9. The minimum Gasteiger partial charge on any atom is -0.394 e. The van der Waals surface area contributed by atoms with Crippen molar-refractivity contribution in [2.24, 2.45) is 0 Å². The molecule has 0 bridgehead atoms. The Morgan fingerprint density at radius 3 is 2.47 bits per heavy atom. The van der Waals surface area contributed by atoms with Crippen LogP contribution in [0.15, 0.2) is 46.9 Å². The molecule has 0 aliphatic carbocycles. The maximum absolute atomic E-state index is 9.53. The molecule has 2 N–H and O–H groups in total. The largest absolute Gasteiger partial charge is 0.394 e. The molecule has 1 atom stereocenters. The van der Waals surface area contributed by atoms with Crippen molar-refractivity contribution in [2.75, 3.05) is 11.9 Å². The Morgan fingerprint density at radius 1 is 1.21 bits per heavy atom. The summed E-state index contributed by atoms with van der Waals surface area (Å²) in [6.07, 6.45) is 0. The van der Waals surface area contributed by atoms with Gasteiger partial charge in [0.05, 0.1) is 17.7 Å². The summed E-state index contributed by atoms with van der Waals surface area (Å²) in [6.45, 7) is 2.07. The molecule has 2 rings (SSSR count). The number of rotatable bonds is 4. The Labute approximate surface area is 126 Å². The summed E-state index contributed by atoms with van der Waals surface area (Å²) in [6, 6.07) is 13.6. The molecule has 4 heteroatoms. The standard InChI is InChI=1S/C15H15BrClNO/c1-10-2-4-11(5-3-10)15(9-19)18-12-6-7-14(17)13(16)8-12/h2-8,15,18-19H,9H2,1H3. The Bertz CT molecular complexity index is 557. The van der Waals surface area contributed by atoms with E-state index in [0.29, 0.717) is 5.02 Å². The fourth-order valence-electron chi connectivity index (χ4n) is 1.82. The second-order valence-electron chi connectivity index (χ2n) is 4.42. The second-order valence-corrected chi connectivity index (χ2v) is 5.68. The first-order chi connectivity index (χ1) is 9.10. The van der Waals surface area contributed by atoms with Gasteiger partial charge in [-0.2, -0.15) is 0 Å². The van der Waals surface area contributed by atoms with Gasteiger partial charge in [0.25, 0.3) is 0 Å².